The van der Waals surface area contributed by atoms with E-state index in [-0.39, 0.29) is 6.61 Å². The number of aromatic nitrogens is 1. The van der Waals surface area contributed by atoms with Gasteiger partial charge in [-0.25, -0.2) is 4.79 Å². The Bertz CT molecular complexity index is 604. The van der Waals surface area contributed by atoms with Crippen LogP contribution in [0, 0.1) is 0 Å². The van der Waals surface area contributed by atoms with E-state index >= 15 is 0 Å². The molecule has 0 spiro atoms. The van der Waals surface area contributed by atoms with Crippen molar-refractivity contribution in [1.82, 2.24) is 5.16 Å². The number of hydrogen-bond donors (Lipinski definition) is 1. The van der Waals surface area contributed by atoms with E-state index in [1.165, 1.54) is 19.4 Å². The molecular weight excluding hydrogens is 262 g/mol. The lowest BCUT2D eigenvalue weighted by Crippen LogP contribution is -1.97. The van der Waals surface area contributed by atoms with Crippen molar-refractivity contribution in [2.45, 2.75) is 6.61 Å². The van der Waals surface area contributed by atoms with E-state index in [2.05, 4.69) is 5.16 Å². The first kappa shape index (κ1) is 13.7. The van der Waals surface area contributed by atoms with Gasteiger partial charge in [0.05, 0.1) is 13.3 Å². The average molecular weight is 275 g/mol. The number of aliphatic carboxylic acids is 1. The van der Waals surface area contributed by atoms with Gasteiger partial charge in [-0.05, 0) is 23.8 Å². The summed E-state index contributed by atoms with van der Waals surface area (Å²) in [4.78, 5) is 10.5. The van der Waals surface area contributed by atoms with Crippen LogP contribution in [0.25, 0.3) is 6.08 Å². The van der Waals surface area contributed by atoms with Crippen LogP contribution in [0.15, 0.2) is 41.1 Å². The van der Waals surface area contributed by atoms with E-state index in [1.54, 1.807) is 24.3 Å². The lowest BCUT2D eigenvalue weighted by atomic mass is 10.2. The molecule has 0 bridgehead atoms. The lowest BCUT2D eigenvalue weighted by Gasteiger charge is -2.10. The lowest BCUT2D eigenvalue weighted by molar-refractivity contribution is -0.131. The Morgan fingerprint density at radius 3 is 2.90 bits per heavy atom. The summed E-state index contributed by atoms with van der Waals surface area (Å²) in [6.07, 6.45) is 4.07. The minimum absolute atomic E-state index is 0.237. The van der Waals surface area contributed by atoms with Gasteiger partial charge in [-0.1, -0.05) is 11.2 Å². The van der Waals surface area contributed by atoms with E-state index < -0.39 is 5.97 Å². The highest BCUT2D eigenvalue weighted by Gasteiger charge is 2.06. The number of benzene rings is 1. The highest BCUT2D eigenvalue weighted by Crippen LogP contribution is 2.29. The normalized spacial score (nSPS) is 10.7. The van der Waals surface area contributed by atoms with Crippen molar-refractivity contribution >= 4 is 12.0 Å². The van der Waals surface area contributed by atoms with Gasteiger partial charge >= 0.3 is 5.97 Å². The van der Waals surface area contributed by atoms with Gasteiger partial charge in [0.25, 0.3) is 0 Å². The summed E-state index contributed by atoms with van der Waals surface area (Å²) in [6.45, 7) is 0.237. The van der Waals surface area contributed by atoms with Gasteiger partial charge in [0, 0.05) is 12.1 Å². The molecule has 1 N–H and O–H groups in total. The molecule has 0 radical (unpaired) electrons. The minimum atomic E-state index is -1.00. The highest BCUT2D eigenvalue weighted by molar-refractivity contribution is 5.85. The fraction of sp³-hybridized carbons (Fsp3) is 0.143. The first-order valence-corrected chi connectivity index (χ1v) is 5.80. The monoisotopic (exact) mass is 275 g/mol. The van der Waals surface area contributed by atoms with Crippen molar-refractivity contribution in [2.75, 3.05) is 7.11 Å². The topological polar surface area (TPSA) is 81.8 Å². The van der Waals surface area contributed by atoms with Crippen LogP contribution in [0.3, 0.4) is 0 Å². The first-order valence-electron chi connectivity index (χ1n) is 5.80. The molecule has 0 aliphatic rings. The molecular formula is C14H13NO5. The van der Waals surface area contributed by atoms with Gasteiger partial charge in [0.2, 0.25) is 0 Å². The molecule has 1 aromatic heterocycles. The van der Waals surface area contributed by atoms with Crippen LogP contribution >= 0.6 is 0 Å². The predicted octanol–water partition coefficient (Wildman–Crippen LogP) is 2.36. The largest absolute Gasteiger partial charge is 0.493 e. The molecule has 2 rings (SSSR count). The van der Waals surface area contributed by atoms with Crippen LogP contribution in [0.2, 0.25) is 0 Å². The maximum atomic E-state index is 10.5. The molecule has 0 saturated heterocycles. The Labute approximate surface area is 115 Å². The van der Waals surface area contributed by atoms with E-state index in [0.29, 0.717) is 22.8 Å². The van der Waals surface area contributed by atoms with Crippen LogP contribution in [0.4, 0.5) is 0 Å². The predicted molar refractivity (Wildman–Crippen MR) is 70.5 cm³/mol. The summed E-state index contributed by atoms with van der Waals surface area (Å²) in [7, 11) is 1.52. The molecule has 0 amide bonds. The first-order chi connectivity index (χ1) is 9.69. The van der Waals surface area contributed by atoms with Crippen molar-refractivity contribution in [3.63, 3.8) is 0 Å². The zero-order chi connectivity index (χ0) is 14.4. The zero-order valence-electron chi connectivity index (χ0n) is 10.8. The molecule has 0 fully saturated rings. The highest BCUT2D eigenvalue weighted by atomic mass is 16.5. The smallest absolute Gasteiger partial charge is 0.328 e. The second-order valence-corrected chi connectivity index (χ2v) is 3.85. The molecule has 2 aromatic rings. The molecule has 0 atom stereocenters. The second-order valence-electron chi connectivity index (χ2n) is 3.85. The number of carbonyl (C=O) groups is 1. The third-order valence-corrected chi connectivity index (χ3v) is 2.47. The van der Waals surface area contributed by atoms with Gasteiger partial charge in [-0.3, -0.25) is 0 Å². The number of hydrogen-bond acceptors (Lipinski definition) is 5. The summed E-state index contributed by atoms with van der Waals surface area (Å²) in [5.74, 6) is 0.643. The zero-order valence-corrected chi connectivity index (χ0v) is 10.8. The van der Waals surface area contributed by atoms with Crippen LogP contribution in [0.5, 0.6) is 11.5 Å². The molecule has 6 heteroatoms. The molecule has 1 aromatic carbocycles. The Hall–Kier alpha value is -2.76. The Morgan fingerprint density at radius 2 is 2.25 bits per heavy atom. The number of rotatable bonds is 6. The number of nitrogens with zero attached hydrogens (tertiary/aromatic N) is 1. The molecule has 6 nitrogen and oxygen atoms in total. The maximum Gasteiger partial charge on any atom is 0.328 e. The number of carboxylic acids is 1. The van der Waals surface area contributed by atoms with Crippen molar-refractivity contribution in [1.29, 1.82) is 0 Å². The molecule has 0 aliphatic carbocycles. The summed E-state index contributed by atoms with van der Waals surface area (Å²) in [5, 5.41) is 12.2. The van der Waals surface area contributed by atoms with Crippen LogP contribution in [0.1, 0.15) is 11.3 Å². The summed E-state index contributed by atoms with van der Waals surface area (Å²) in [5.41, 5.74) is 0.705. The Balaban J connectivity index is 2.11. The van der Waals surface area contributed by atoms with Gasteiger partial charge < -0.3 is 19.1 Å². The van der Waals surface area contributed by atoms with Gasteiger partial charge in [-0.2, -0.15) is 0 Å². The fourth-order valence-electron chi connectivity index (χ4n) is 1.54. The Morgan fingerprint density at radius 1 is 1.40 bits per heavy atom. The fourth-order valence-corrected chi connectivity index (χ4v) is 1.54. The SMILES string of the molecule is COc1cc(/C=C/C(=O)O)ccc1OCc1ccno1. The minimum Gasteiger partial charge on any atom is -0.493 e. The van der Waals surface area contributed by atoms with Crippen molar-refractivity contribution in [3.8, 4) is 11.5 Å². The van der Waals surface area contributed by atoms with Gasteiger partial charge in [0.1, 0.15) is 6.61 Å². The summed E-state index contributed by atoms with van der Waals surface area (Å²) < 4.78 is 15.7. The quantitative estimate of drug-likeness (QED) is 0.815. The van der Waals surface area contributed by atoms with Crippen molar-refractivity contribution in [2.24, 2.45) is 0 Å². The Kier molecular flexibility index (Phi) is 4.39. The van der Waals surface area contributed by atoms with Crippen LogP contribution in [-0.4, -0.2) is 23.3 Å². The van der Waals surface area contributed by atoms with E-state index in [4.69, 9.17) is 19.1 Å². The van der Waals surface area contributed by atoms with Crippen molar-refractivity contribution in [3.05, 3.63) is 47.9 Å². The summed E-state index contributed by atoms with van der Waals surface area (Å²) >= 11 is 0. The third kappa shape index (κ3) is 3.61. The van der Waals surface area contributed by atoms with E-state index in [9.17, 15) is 4.79 Å². The van der Waals surface area contributed by atoms with Crippen LogP contribution < -0.4 is 9.47 Å². The maximum absolute atomic E-state index is 10.5. The molecule has 0 aliphatic heterocycles. The van der Waals surface area contributed by atoms with Crippen LogP contribution in [-0.2, 0) is 11.4 Å². The van der Waals surface area contributed by atoms with Gasteiger partial charge in [0.15, 0.2) is 17.3 Å². The summed E-state index contributed by atoms with van der Waals surface area (Å²) in [6, 6.07) is 6.83. The number of ether oxygens (including phenoxy) is 2. The van der Waals surface area contributed by atoms with E-state index in [1.807, 2.05) is 0 Å². The third-order valence-electron chi connectivity index (χ3n) is 2.47. The molecule has 20 heavy (non-hydrogen) atoms. The van der Waals surface area contributed by atoms with Gasteiger partial charge in [-0.15, -0.1) is 0 Å². The molecule has 104 valence electrons. The van der Waals surface area contributed by atoms with Crippen molar-refractivity contribution < 1.29 is 23.9 Å². The standard InChI is InChI=1S/C14H13NO5/c1-18-13-8-10(3-5-14(16)17)2-4-12(13)19-9-11-6-7-15-20-11/h2-8H,9H2,1H3,(H,16,17)/b5-3+. The van der Waals surface area contributed by atoms with E-state index in [0.717, 1.165) is 6.08 Å². The second kappa shape index (κ2) is 6.42. The number of methoxy groups -OCH3 is 1. The molecule has 0 saturated carbocycles. The average Bonchev–Trinajstić information content (AvgIpc) is 2.96. The molecule has 1 heterocycles. The molecule has 0 unspecified atom stereocenters. The number of carboxylic acid groups (broad SMARTS) is 1.